The van der Waals surface area contributed by atoms with E-state index in [0.29, 0.717) is 6.42 Å². The SMILES string of the molecule is COc1cccc(-c2cccc(C3CCCN(C(=O)Cc4ccccc4)C3)n2)c1. The first kappa shape index (κ1) is 19.2. The van der Waals surface area contributed by atoms with Crippen molar-refractivity contribution < 1.29 is 9.53 Å². The lowest BCUT2D eigenvalue weighted by molar-refractivity contribution is -0.131. The Kier molecular flexibility index (Phi) is 5.89. The summed E-state index contributed by atoms with van der Waals surface area (Å²) < 4.78 is 5.34. The number of rotatable bonds is 5. The van der Waals surface area contributed by atoms with Gasteiger partial charge in [0.15, 0.2) is 0 Å². The van der Waals surface area contributed by atoms with E-state index in [2.05, 4.69) is 12.1 Å². The Morgan fingerprint density at radius 2 is 1.90 bits per heavy atom. The van der Waals surface area contributed by atoms with Crippen LogP contribution in [0.1, 0.15) is 30.0 Å². The smallest absolute Gasteiger partial charge is 0.227 e. The first-order valence-corrected chi connectivity index (χ1v) is 10.2. The van der Waals surface area contributed by atoms with Crippen LogP contribution in [-0.2, 0) is 11.2 Å². The Balaban J connectivity index is 1.49. The molecule has 4 nitrogen and oxygen atoms in total. The van der Waals surface area contributed by atoms with Crippen molar-refractivity contribution in [1.29, 1.82) is 0 Å². The number of carbonyl (C=O) groups excluding carboxylic acids is 1. The normalized spacial score (nSPS) is 16.4. The number of nitrogens with zero attached hydrogens (tertiary/aromatic N) is 2. The maximum Gasteiger partial charge on any atom is 0.227 e. The van der Waals surface area contributed by atoms with Crippen molar-refractivity contribution >= 4 is 5.91 Å². The van der Waals surface area contributed by atoms with Gasteiger partial charge in [0.25, 0.3) is 0 Å². The topological polar surface area (TPSA) is 42.4 Å². The minimum atomic E-state index is 0.199. The summed E-state index contributed by atoms with van der Waals surface area (Å²) in [4.78, 5) is 19.7. The number of aromatic nitrogens is 1. The molecule has 0 radical (unpaired) electrons. The highest BCUT2D eigenvalue weighted by atomic mass is 16.5. The summed E-state index contributed by atoms with van der Waals surface area (Å²) in [6.07, 6.45) is 2.53. The van der Waals surface area contributed by atoms with Crippen LogP contribution in [0.3, 0.4) is 0 Å². The monoisotopic (exact) mass is 386 g/mol. The molecule has 2 heterocycles. The molecule has 3 aromatic rings. The number of hydrogen-bond donors (Lipinski definition) is 0. The number of pyridine rings is 1. The minimum Gasteiger partial charge on any atom is -0.497 e. The van der Waals surface area contributed by atoms with Crippen molar-refractivity contribution in [3.63, 3.8) is 0 Å². The van der Waals surface area contributed by atoms with Gasteiger partial charge < -0.3 is 9.64 Å². The fourth-order valence-electron chi connectivity index (χ4n) is 3.95. The highest BCUT2D eigenvalue weighted by Gasteiger charge is 2.25. The van der Waals surface area contributed by atoms with Gasteiger partial charge in [0, 0.05) is 30.3 Å². The van der Waals surface area contributed by atoms with Gasteiger partial charge in [0.05, 0.1) is 19.2 Å². The molecule has 0 spiro atoms. The van der Waals surface area contributed by atoms with Gasteiger partial charge in [-0.25, -0.2) is 0 Å². The summed E-state index contributed by atoms with van der Waals surface area (Å²) in [6.45, 7) is 1.57. The van der Waals surface area contributed by atoms with Gasteiger partial charge in [-0.15, -0.1) is 0 Å². The predicted octanol–water partition coefficient (Wildman–Crippen LogP) is 4.71. The van der Waals surface area contributed by atoms with Crippen molar-refractivity contribution in [3.05, 3.63) is 84.1 Å². The van der Waals surface area contributed by atoms with Crippen LogP contribution in [0.5, 0.6) is 5.75 Å². The van der Waals surface area contributed by atoms with E-state index in [1.165, 1.54) is 0 Å². The number of likely N-dealkylation sites (tertiary alicyclic amines) is 1. The van der Waals surface area contributed by atoms with Crippen LogP contribution in [0.2, 0.25) is 0 Å². The molecule has 0 bridgehead atoms. The fourth-order valence-corrected chi connectivity index (χ4v) is 3.95. The van der Waals surface area contributed by atoms with Gasteiger partial charge in [0.2, 0.25) is 5.91 Å². The summed E-state index contributed by atoms with van der Waals surface area (Å²) in [5, 5.41) is 0. The average molecular weight is 386 g/mol. The lowest BCUT2D eigenvalue weighted by atomic mass is 9.93. The highest BCUT2D eigenvalue weighted by molar-refractivity contribution is 5.79. The number of benzene rings is 2. The third-order valence-electron chi connectivity index (χ3n) is 5.53. The predicted molar refractivity (Wildman–Crippen MR) is 115 cm³/mol. The summed E-state index contributed by atoms with van der Waals surface area (Å²) in [5.41, 5.74) is 4.11. The van der Waals surface area contributed by atoms with Crippen LogP contribution >= 0.6 is 0 Å². The quantitative estimate of drug-likeness (QED) is 0.638. The summed E-state index contributed by atoms with van der Waals surface area (Å²) in [5.74, 6) is 1.30. The lowest BCUT2D eigenvalue weighted by Gasteiger charge is -2.32. The zero-order valence-corrected chi connectivity index (χ0v) is 16.8. The van der Waals surface area contributed by atoms with E-state index in [-0.39, 0.29) is 11.8 Å². The highest BCUT2D eigenvalue weighted by Crippen LogP contribution is 2.29. The van der Waals surface area contributed by atoms with Crippen LogP contribution < -0.4 is 4.74 Å². The molecule has 0 saturated carbocycles. The first-order valence-electron chi connectivity index (χ1n) is 10.2. The lowest BCUT2D eigenvalue weighted by Crippen LogP contribution is -2.40. The second-order valence-electron chi connectivity index (χ2n) is 7.52. The first-order chi connectivity index (χ1) is 14.2. The van der Waals surface area contributed by atoms with E-state index < -0.39 is 0 Å². The van der Waals surface area contributed by atoms with Gasteiger partial charge in [-0.2, -0.15) is 0 Å². The van der Waals surface area contributed by atoms with Crippen molar-refractivity contribution in [3.8, 4) is 17.0 Å². The molecule has 4 heteroatoms. The maximum atomic E-state index is 12.8. The molecule has 0 N–H and O–H groups in total. The van der Waals surface area contributed by atoms with Crippen LogP contribution in [0.15, 0.2) is 72.8 Å². The van der Waals surface area contributed by atoms with E-state index in [0.717, 1.165) is 54.2 Å². The number of amides is 1. The molecule has 1 amide bonds. The number of piperidine rings is 1. The van der Waals surface area contributed by atoms with Gasteiger partial charge in [-0.05, 0) is 42.7 Å². The molecular formula is C25H26N2O2. The van der Waals surface area contributed by atoms with E-state index in [9.17, 15) is 4.79 Å². The number of methoxy groups -OCH3 is 1. The molecule has 148 valence electrons. The zero-order valence-electron chi connectivity index (χ0n) is 16.8. The molecule has 2 aromatic carbocycles. The second kappa shape index (κ2) is 8.91. The van der Waals surface area contributed by atoms with Gasteiger partial charge >= 0.3 is 0 Å². The fraction of sp³-hybridized carbons (Fsp3) is 0.280. The van der Waals surface area contributed by atoms with Gasteiger partial charge in [-0.3, -0.25) is 9.78 Å². The third kappa shape index (κ3) is 4.65. The Labute approximate surface area is 172 Å². The third-order valence-corrected chi connectivity index (χ3v) is 5.53. The van der Waals surface area contributed by atoms with Crippen molar-refractivity contribution in [2.75, 3.05) is 20.2 Å². The van der Waals surface area contributed by atoms with E-state index >= 15 is 0 Å². The van der Waals surface area contributed by atoms with Crippen molar-refractivity contribution in [2.45, 2.75) is 25.2 Å². The van der Waals surface area contributed by atoms with Crippen molar-refractivity contribution in [1.82, 2.24) is 9.88 Å². The largest absolute Gasteiger partial charge is 0.497 e. The van der Waals surface area contributed by atoms with Crippen LogP contribution in [0.25, 0.3) is 11.3 Å². The van der Waals surface area contributed by atoms with Crippen molar-refractivity contribution in [2.24, 2.45) is 0 Å². The standard InChI is InChI=1S/C25H26N2O2/c1-29-22-12-5-10-20(17-22)23-13-6-14-24(26-23)21-11-7-15-27(18-21)25(28)16-19-8-3-2-4-9-19/h2-6,8-10,12-14,17,21H,7,11,15-16,18H2,1H3. The second-order valence-corrected chi connectivity index (χ2v) is 7.52. The molecule has 1 atom stereocenters. The van der Waals surface area contributed by atoms with Gasteiger partial charge in [-0.1, -0.05) is 48.5 Å². The molecule has 1 unspecified atom stereocenters. The number of carbonyl (C=O) groups is 1. The van der Waals surface area contributed by atoms with Crippen LogP contribution in [0, 0.1) is 0 Å². The molecule has 0 aliphatic carbocycles. The van der Waals surface area contributed by atoms with Crippen LogP contribution in [-0.4, -0.2) is 36.0 Å². The molecule has 1 aliphatic heterocycles. The average Bonchev–Trinajstić information content (AvgIpc) is 2.80. The zero-order chi connectivity index (χ0) is 20.1. The summed E-state index contributed by atoms with van der Waals surface area (Å²) in [6, 6.07) is 24.1. The number of hydrogen-bond acceptors (Lipinski definition) is 3. The minimum absolute atomic E-state index is 0.199. The van der Waals surface area contributed by atoms with E-state index in [4.69, 9.17) is 9.72 Å². The molecule has 1 aliphatic rings. The Hall–Kier alpha value is -3.14. The molecular weight excluding hydrogens is 360 g/mol. The molecule has 4 rings (SSSR count). The maximum absolute atomic E-state index is 12.8. The summed E-state index contributed by atoms with van der Waals surface area (Å²) in [7, 11) is 1.67. The number of ether oxygens (including phenoxy) is 1. The Morgan fingerprint density at radius 3 is 2.72 bits per heavy atom. The van der Waals surface area contributed by atoms with Crippen LogP contribution in [0.4, 0.5) is 0 Å². The molecule has 1 saturated heterocycles. The molecule has 1 fully saturated rings. The van der Waals surface area contributed by atoms with E-state index in [1.807, 2.05) is 65.6 Å². The Morgan fingerprint density at radius 1 is 1.07 bits per heavy atom. The molecule has 1 aromatic heterocycles. The molecule has 29 heavy (non-hydrogen) atoms. The van der Waals surface area contributed by atoms with E-state index in [1.54, 1.807) is 7.11 Å². The van der Waals surface area contributed by atoms with Gasteiger partial charge in [0.1, 0.15) is 5.75 Å². The summed E-state index contributed by atoms with van der Waals surface area (Å²) >= 11 is 0. The Bertz CT molecular complexity index is 971.